The molecule has 5 rings (SSSR count). The minimum atomic E-state index is -0.914. The number of nitrogens with zero attached hydrogens (tertiary/aromatic N) is 1. The molecule has 35 heavy (non-hydrogen) atoms. The van der Waals surface area contributed by atoms with Crippen molar-refractivity contribution in [2.24, 2.45) is 10.8 Å². The Morgan fingerprint density at radius 2 is 1.60 bits per heavy atom. The Morgan fingerprint density at radius 3 is 2.29 bits per heavy atom. The summed E-state index contributed by atoms with van der Waals surface area (Å²) >= 11 is 1.55. The van der Waals surface area contributed by atoms with Crippen molar-refractivity contribution < 1.29 is 14.7 Å². The molecule has 4 nitrogen and oxygen atoms in total. The lowest BCUT2D eigenvalue weighted by Gasteiger charge is -2.50. The summed E-state index contributed by atoms with van der Waals surface area (Å²) in [6.45, 7) is 8.00. The monoisotopic (exact) mass is 483 g/mol. The lowest BCUT2D eigenvalue weighted by Crippen LogP contribution is -2.48. The molecule has 1 atom stereocenters. The van der Waals surface area contributed by atoms with Gasteiger partial charge in [-0.2, -0.15) is 0 Å². The van der Waals surface area contributed by atoms with Crippen molar-refractivity contribution in [1.29, 1.82) is 0 Å². The molecular weight excluding hydrogens is 454 g/mol. The Bertz CT molecular complexity index is 1350. The van der Waals surface area contributed by atoms with E-state index in [-0.39, 0.29) is 16.7 Å². The average Bonchev–Trinajstić information content (AvgIpc) is 3.34. The largest absolute Gasteiger partial charge is 0.478 e. The van der Waals surface area contributed by atoms with Crippen LogP contribution in [0.4, 0.5) is 0 Å². The van der Waals surface area contributed by atoms with Gasteiger partial charge in [-0.05, 0) is 47.4 Å². The van der Waals surface area contributed by atoms with Crippen LogP contribution in [-0.4, -0.2) is 35.0 Å². The highest BCUT2D eigenvalue weighted by molar-refractivity contribution is 7.17. The van der Waals surface area contributed by atoms with Gasteiger partial charge in [-0.1, -0.05) is 81.0 Å². The molecule has 3 aromatic rings. The molecule has 2 aromatic carbocycles. The SMILES string of the molecule is CC1(C)C(c2ccc(C(=O)O)cc2)=CC[C@]2(C)CN(C(=O)c3ccc(-c4ccccc4)s3)CC=C12. The smallest absolute Gasteiger partial charge is 0.335 e. The van der Waals surface area contributed by atoms with Gasteiger partial charge in [0.15, 0.2) is 0 Å². The van der Waals surface area contributed by atoms with E-state index in [2.05, 4.69) is 45.1 Å². The van der Waals surface area contributed by atoms with Crippen molar-refractivity contribution >= 4 is 28.8 Å². The number of carbonyl (C=O) groups is 2. The predicted molar refractivity (Wildman–Crippen MR) is 142 cm³/mol. The Morgan fingerprint density at radius 1 is 0.886 bits per heavy atom. The molecule has 1 aliphatic carbocycles. The van der Waals surface area contributed by atoms with E-state index in [1.54, 1.807) is 23.5 Å². The van der Waals surface area contributed by atoms with Crippen LogP contribution in [-0.2, 0) is 0 Å². The Hall–Kier alpha value is -3.44. The number of fused-ring (bicyclic) bond motifs is 1. The number of carbonyl (C=O) groups excluding carboxylic acids is 1. The average molecular weight is 484 g/mol. The number of thiophene rings is 1. The van der Waals surface area contributed by atoms with E-state index in [0.29, 0.717) is 18.7 Å². The molecule has 178 valence electrons. The molecule has 0 fully saturated rings. The van der Waals surface area contributed by atoms with Crippen LogP contribution < -0.4 is 0 Å². The fourth-order valence-electron chi connectivity index (χ4n) is 5.72. The fourth-order valence-corrected chi connectivity index (χ4v) is 6.70. The van der Waals surface area contributed by atoms with Crippen molar-refractivity contribution in [2.45, 2.75) is 27.2 Å². The third kappa shape index (κ3) is 4.14. The topological polar surface area (TPSA) is 57.6 Å². The third-order valence-electron chi connectivity index (χ3n) is 7.41. The van der Waals surface area contributed by atoms with E-state index in [1.807, 2.05) is 47.4 Å². The van der Waals surface area contributed by atoms with Crippen LogP contribution in [0.15, 0.2) is 84.5 Å². The Balaban J connectivity index is 1.38. The summed E-state index contributed by atoms with van der Waals surface area (Å²) in [5.74, 6) is -0.826. The molecule has 2 heterocycles. The van der Waals surface area contributed by atoms with Gasteiger partial charge >= 0.3 is 5.97 Å². The molecule has 1 aromatic heterocycles. The molecular formula is C30H29NO3S. The molecule has 5 heteroatoms. The van der Waals surface area contributed by atoms with Crippen molar-refractivity contribution in [2.75, 3.05) is 13.1 Å². The van der Waals surface area contributed by atoms with Crippen LogP contribution in [0.25, 0.3) is 16.0 Å². The van der Waals surface area contributed by atoms with Crippen LogP contribution >= 0.6 is 11.3 Å². The van der Waals surface area contributed by atoms with Gasteiger partial charge in [0.1, 0.15) is 0 Å². The van der Waals surface area contributed by atoms with Crippen molar-refractivity contribution in [3.63, 3.8) is 0 Å². The highest BCUT2D eigenvalue weighted by Gasteiger charge is 2.46. The van der Waals surface area contributed by atoms with E-state index in [0.717, 1.165) is 27.3 Å². The van der Waals surface area contributed by atoms with E-state index < -0.39 is 5.97 Å². The maximum absolute atomic E-state index is 13.4. The van der Waals surface area contributed by atoms with E-state index in [9.17, 15) is 14.7 Å². The van der Waals surface area contributed by atoms with Crippen molar-refractivity contribution in [3.8, 4) is 10.4 Å². The molecule has 2 aliphatic rings. The second kappa shape index (κ2) is 8.65. The number of amides is 1. The summed E-state index contributed by atoms with van der Waals surface area (Å²) in [4.78, 5) is 28.5. The summed E-state index contributed by atoms with van der Waals surface area (Å²) in [7, 11) is 0. The van der Waals surface area contributed by atoms with Gasteiger partial charge in [0, 0.05) is 28.8 Å². The molecule has 1 amide bonds. The normalized spacial score (nSPS) is 21.1. The predicted octanol–water partition coefficient (Wildman–Crippen LogP) is 7.02. The first kappa shape index (κ1) is 23.3. The number of allylic oxidation sites excluding steroid dienone is 2. The van der Waals surface area contributed by atoms with E-state index in [1.165, 1.54) is 11.1 Å². The van der Waals surface area contributed by atoms with Crippen molar-refractivity contribution in [3.05, 3.63) is 100 Å². The lowest BCUT2D eigenvalue weighted by molar-refractivity contribution is 0.0682. The van der Waals surface area contributed by atoms with Gasteiger partial charge in [0.05, 0.1) is 10.4 Å². The number of carboxylic acids is 1. The zero-order chi connectivity index (χ0) is 24.8. The van der Waals surface area contributed by atoms with Crippen LogP contribution in [0.1, 0.15) is 52.8 Å². The summed E-state index contributed by atoms with van der Waals surface area (Å²) in [6, 6.07) is 21.3. The molecule has 1 N–H and O–H groups in total. The molecule has 0 saturated carbocycles. The van der Waals surface area contributed by atoms with Gasteiger partial charge < -0.3 is 10.0 Å². The highest BCUT2D eigenvalue weighted by atomic mass is 32.1. The molecule has 0 bridgehead atoms. The van der Waals surface area contributed by atoms with Gasteiger partial charge in [-0.15, -0.1) is 11.3 Å². The van der Waals surface area contributed by atoms with Crippen LogP contribution in [0.5, 0.6) is 0 Å². The molecule has 1 aliphatic heterocycles. The van der Waals surface area contributed by atoms with Crippen LogP contribution in [0, 0.1) is 10.8 Å². The standard InChI is InChI=1S/C30H29NO3S/c1-29(2)23(20-9-11-22(12-10-20)28(33)34)15-17-30(3)19-31(18-16-26(29)30)27(32)25-14-13-24(35-25)21-7-5-4-6-8-21/h4-16H,17-19H2,1-3H3,(H,33,34)/t30-/m1/s1. The Labute approximate surface area is 210 Å². The first-order chi connectivity index (χ1) is 16.7. The number of hydrogen-bond donors (Lipinski definition) is 1. The summed E-state index contributed by atoms with van der Waals surface area (Å²) in [5.41, 5.74) is 4.69. The second-order valence-corrected chi connectivity index (χ2v) is 11.3. The summed E-state index contributed by atoms with van der Waals surface area (Å²) in [5, 5.41) is 9.23. The second-order valence-electron chi connectivity index (χ2n) is 10.2. The highest BCUT2D eigenvalue weighted by Crippen LogP contribution is 2.55. The van der Waals surface area contributed by atoms with E-state index in [4.69, 9.17) is 0 Å². The maximum Gasteiger partial charge on any atom is 0.335 e. The van der Waals surface area contributed by atoms with Crippen LogP contribution in [0.2, 0.25) is 0 Å². The molecule has 0 unspecified atom stereocenters. The minimum absolute atomic E-state index is 0.0885. The lowest BCUT2D eigenvalue weighted by atomic mass is 9.58. The molecule has 0 spiro atoms. The number of benzene rings is 2. The zero-order valence-corrected chi connectivity index (χ0v) is 21.1. The van der Waals surface area contributed by atoms with Gasteiger partial charge in [0.2, 0.25) is 0 Å². The minimum Gasteiger partial charge on any atom is -0.478 e. The first-order valence-corrected chi connectivity index (χ1v) is 12.7. The summed E-state index contributed by atoms with van der Waals surface area (Å²) < 4.78 is 0. The molecule has 0 radical (unpaired) electrons. The fraction of sp³-hybridized carbons (Fsp3) is 0.267. The summed E-state index contributed by atoms with van der Waals surface area (Å²) in [6.07, 6.45) is 5.35. The van der Waals surface area contributed by atoms with Gasteiger partial charge in [-0.25, -0.2) is 4.79 Å². The first-order valence-electron chi connectivity index (χ1n) is 11.9. The van der Waals surface area contributed by atoms with Gasteiger partial charge in [-0.3, -0.25) is 4.79 Å². The quantitative estimate of drug-likeness (QED) is 0.406. The number of rotatable bonds is 4. The van der Waals surface area contributed by atoms with Crippen molar-refractivity contribution in [1.82, 2.24) is 4.90 Å². The number of carboxylic acid groups (broad SMARTS) is 1. The number of aromatic carboxylic acids is 1. The Kier molecular flexibility index (Phi) is 5.76. The maximum atomic E-state index is 13.4. The molecule has 0 saturated heterocycles. The third-order valence-corrected chi connectivity index (χ3v) is 8.54. The van der Waals surface area contributed by atoms with Crippen LogP contribution in [0.3, 0.4) is 0 Å². The van der Waals surface area contributed by atoms with E-state index >= 15 is 0 Å². The number of hydrogen-bond acceptors (Lipinski definition) is 3. The zero-order valence-electron chi connectivity index (χ0n) is 20.2. The van der Waals surface area contributed by atoms with Gasteiger partial charge in [0.25, 0.3) is 5.91 Å².